The molecule has 4 heteroatoms. The smallest absolute Gasteiger partial charge is 0.256 e. The van der Waals surface area contributed by atoms with Gasteiger partial charge in [0.1, 0.15) is 0 Å². The number of hydrogen-bond acceptors (Lipinski definition) is 2. The lowest BCUT2D eigenvalue weighted by molar-refractivity contribution is 0.102. The highest BCUT2D eigenvalue weighted by Crippen LogP contribution is 2.21. The van der Waals surface area contributed by atoms with Gasteiger partial charge < -0.3 is 10.4 Å². The van der Waals surface area contributed by atoms with Crippen LogP contribution in [-0.2, 0) is 0 Å². The van der Waals surface area contributed by atoms with Crippen LogP contribution in [-0.4, -0.2) is 11.0 Å². The quantitative estimate of drug-likeness (QED) is 0.812. The van der Waals surface area contributed by atoms with Crippen LogP contribution >= 0.6 is 0 Å². The Morgan fingerprint density at radius 3 is 2.37 bits per heavy atom. The minimum absolute atomic E-state index is 0.291. The third kappa shape index (κ3) is 2.73. The standard InChI is InChI=1S/C15H14FNO2/c1-9-4-3-5-10(2)14(9)15(19)17-11-6-7-13(18)12(16)8-11/h3-8,18H,1-2H3,(H,17,19). The maximum atomic E-state index is 13.2. The van der Waals surface area contributed by atoms with Gasteiger partial charge in [0, 0.05) is 17.3 Å². The summed E-state index contributed by atoms with van der Waals surface area (Å²) in [6.45, 7) is 3.69. The number of phenolic OH excluding ortho intramolecular Hbond substituents is 1. The van der Waals surface area contributed by atoms with Gasteiger partial charge in [-0.2, -0.15) is 0 Å². The fourth-order valence-electron chi connectivity index (χ4n) is 1.95. The molecule has 0 unspecified atom stereocenters. The van der Waals surface area contributed by atoms with Crippen LogP contribution in [0.3, 0.4) is 0 Å². The van der Waals surface area contributed by atoms with Gasteiger partial charge in [-0.1, -0.05) is 18.2 Å². The van der Waals surface area contributed by atoms with E-state index < -0.39 is 11.6 Å². The number of amides is 1. The molecule has 98 valence electrons. The summed E-state index contributed by atoms with van der Waals surface area (Å²) < 4.78 is 13.2. The number of benzene rings is 2. The Morgan fingerprint density at radius 1 is 1.16 bits per heavy atom. The van der Waals surface area contributed by atoms with E-state index in [-0.39, 0.29) is 5.91 Å². The molecule has 0 fully saturated rings. The van der Waals surface area contributed by atoms with Crippen molar-refractivity contribution < 1.29 is 14.3 Å². The molecule has 0 aliphatic carbocycles. The maximum absolute atomic E-state index is 13.2. The van der Waals surface area contributed by atoms with Gasteiger partial charge in [-0.15, -0.1) is 0 Å². The minimum Gasteiger partial charge on any atom is -0.505 e. The zero-order valence-corrected chi connectivity index (χ0v) is 10.7. The highest BCUT2D eigenvalue weighted by Gasteiger charge is 2.12. The predicted molar refractivity (Wildman–Crippen MR) is 71.9 cm³/mol. The van der Waals surface area contributed by atoms with Gasteiger partial charge in [-0.25, -0.2) is 4.39 Å². The fourth-order valence-corrected chi connectivity index (χ4v) is 1.95. The first kappa shape index (κ1) is 13.1. The van der Waals surface area contributed by atoms with Crippen molar-refractivity contribution in [3.8, 4) is 5.75 Å². The molecular weight excluding hydrogens is 245 g/mol. The van der Waals surface area contributed by atoms with Crippen LogP contribution in [0.25, 0.3) is 0 Å². The summed E-state index contributed by atoms with van der Waals surface area (Å²) in [5.41, 5.74) is 2.60. The molecular formula is C15H14FNO2. The number of rotatable bonds is 2. The highest BCUT2D eigenvalue weighted by molar-refractivity contribution is 6.06. The summed E-state index contributed by atoms with van der Waals surface area (Å²) in [6.07, 6.45) is 0. The molecule has 19 heavy (non-hydrogen) atoms. The Hall–Kier alpha value is -2.36. The molecule has 0 heterocycles. The monoisotopic (exact) mass is 259 g/mol. The number of halogens is 1. The normalized spacial score (nSPS) is 10.3. The van der Waals surface area contributed by atoms with Gasteiger partial charge in [0.15, 0.2) is 11.6 Å². The molecule has 2 aromatic rings. The first-order valence-electron chi connectivity index (χ1n) is 5.85. The Kier molecular flexibility index (Phi) is 3.51. The van der Waals surface area contributed by atoms with E-state index in [0.717, 1.165) is 17.2 Å². The third-order valence-corrected chi connectivity index (χ3v) is 2.91. The number of nitrogens with one attached hydrogen (secondary N) is 1. The molecule has 0 atom stereocenters. The molecule has 0 saturated heterocycles. The summed E-state index contributed by atoms with van der Waals surface area (Å²) in [6, 6.07) is 9.31. The number of aromatic hydroxyl groups is 1. The minimum atomic E-state index is -0.765. The number of phenols is 1. The molecule has 2 rings (SSSR count). The molecule has 2 N–H and O–H groups in total. The van der Waals surface area contributed by atoms with Crippen molar-refractivity contribution in [3.05, 3.63) is 58.9 Å². The van der Waals surface area contributed by atoms with Crippen molar-refractivity contribution in [2.75, 3.05) is 5.32 Å². The van der Waals surface area contributed by atoms with Crippen molar-refractivity contribution in [1.29, 1.82) is 0 Å². The van der Waals surface area contributed by atoms with Gasteiger partial charge in [0.05, 0.1) is 0 Å². The second kappa shape index (κ2) is 5.10. The van der Waals surface area contributed by atoms with Crippen LogP contribution in [0.4, 0.5) is 10.1 Å². The summed E-state index contributed by atoms with van der Waals surface area (Å²) in [7, 11) is 0. The van der Waals surface area contributed by atoms with Crippen LogP contribution in [0.5, 0.6) is 5.75 Å². The second-order valence-electron chi connectivity index (χ2n) is 4.39. The average molecular weight is 259 g/mol. The lowest BCUT2D eigenvalue weighted by Crippen LogP contribution is -2.15. The van der Waals surface area contributed by atoms with Crippen molar-refractivity contribution >= 4 is 11.6 Å². The predicted octanol–water partition coefficient (Wildman–Crippen LogP) is 3.40. The SMILES string of the molecule is Cc1cccc(C)c1C(=O)Nc1ccc(O)c(F)c1. The topological polar surface area (TPSA) is 49.3 Å². The summed E-state index contributed by atoms with van der Waals surface area (Å²) in [5.74, 6) is -1.50. The number of hydrogen-bond donors (Lipinski definition) is 2. The van der Waals surface area contributed by atoms with E-state index in [1.807, 2.05) is 32.0 Å². The maximum Gasteiger partial charge on any atom is 0.256 e. The Bertz CT molecular complexity index is 618. The number of carbonyl (C=O) groups excluding carboxylic acids is 1. The summed E-state index contributed by atoms with van der Waals surface area (Å²) >= 11 is 0. The van der Waals surface area contributed by atoms with Crippen LogP contribution in [0.1, 0.15) is 21.5 Å². The van der Waals surface area contributed by atoms with Gasteiger partial charge in [0.2, 0.25) is 0 Å². The first-order chi connectivity index (χ1) is 8.99. The molecule has 0 aliphatic heterocycles. The van der Waals surface area contributed by atoms with E-state index in [9.17, 15) is 9.18 Å². The van der Waals surface area contributed by atoms with Crippen LogP contribution < -0.4 is 5.32 Å². The lowest BCUT2D eigenvalue weighted by Gasteiger charge is -2.10. The molecule has 0 bridgehead atoms. The average Bonchev–Trinajstić information content (AvgIpc) is 2.33. The molecule has 3 nitrogen and oxygen atoms in total. The number of anilines is 1. The van der Waals surface area contributed by atoms with Gasteiger partial charge in [-0.05, 0) is 37.1 Å². The van der Waals surface area contributed by atoms with E-state index >= 15 is 0 Å². The zero-order chi connectivity index (χ0) is 14.0. The number of carbonyl (C=O) groups is 1. The van der Waals surface area contributed by atoms with Crippen LogP contribution in [0.2, 0.25) is 0 Å². The Balaban J connectivity index is 2.28. The Morgan fingerprint density at radius 2 is 1.79 bits per heavy atom. The van der Waals surface area contributed by atoms with E-state index in [2.05, 4.69) is 5.32 Å². The van der Waals surface area contributed by atoms with Crippen molar-refractivity contribution in [2.24, 2.45) is 0 Å². The van der Waals surface area contributed by atoms with Gasteiger partial charge in [-0.3, -0.25) is 4.79 Å². The zero-order valence-electron chi connectivity index (χ0n) is 10.7. The first-order valence-corrected chi connectivity index (χ1v) is 5.85. The van der Waals surface area contributed by atoms with Crippen LogP contribution in [0.15, 0.2) is 36.4 Å². The summed E-state index contributed by atoms with van der Waals surface area (Å²) in [4.78, 5) is 12.2. The highest BCUT2D eigenvalue weighted by atomic mass is 19.1. The van der Waals surface area contributed by atoms with Crippen molar-refractivity contribution in [3.63, 3.8) is 0 Å². The van der Waals surface area contributed by atoms with E-state index in [0.29, 0.717) is 11.3 Å². The largest absolute Gasteiger partial charge is 0.505 e. The molecule has 1 amide bonds. The molecule has 0 aliphatic rings. The van der Waals surface area contributed by atoms with Gasteiger partial charge >= 0.3 is 0 Å². The van der Waals surface area contributed by atoms with Gasteiger partial charge in [0.25, 0.3) is 5.91 Å². The van der Waals surface area contributed by atoms with E-state index in [4.69, 9.17) is 5.11 Å². The molecule has 0 spiro atoms. The number of aryl methyl sites for hydroxylation is 2. The fraction of sp³-hybridized carbons (Fsp3) is 0.133. The van der Waals surface area contributed by atoms with Crippen LogP contribution in [0, 0.1) is 19.7 Å². The molecule has 2 aromatic carbocycles. The van der Waals surface area contributed by atoms with E-state index in [1.165, 1.54) is 12.1 Å². The van der Waals surface area contributed by atoms with Crippen molar-refractivity contribution in [2.45, 2.75) is 13.8 Å². The summed E-state index contributed by atoms with van der Waals surface area (Å²) in [5, 5.41) is 11.7. The van der Waals surface area contributed by atoms with Crippen molar-refractivity contribution in [1.82, 2.24) is 0 Å². The van der Waals surface area contributed by atoms with E-state index in [1.54, 1.807) is 0 Å². The molecule has 0 aromatic heterocycles. The molecule has 0 saturated carbocycles. The second-order valence-corrected chi connectivity index (χ2v) is 4.39. The Labute approximate surface area is 110 Å². The lowest BCUT2D eigenvalue weighted by atomic mass is 10.0. The molecule has 0 radical (unpaired) electrons. The third-order valence-electron chi connectivity index (χ3n) is 2.91.